The summed E-state index contributed by atoms with van der Waals surface area (Å²) in [5.41, 5.74) is 0.891. The van der Waals surface area contributed by atoms with E-state index in [1.54, 1.807) is 18.2 Å². The van der Waals surface area contributed by atoms with Gasteiger partial charge >= 0.3 is 0 Å². The van der Waals surface area contributed by atoms with Gasteiger partial charge in [-0.05, 0) is 43.0 Å². The van der Waals surface area contributed by atoms with E-state index in [9.17, 15) is 9.59 Å². The molecule has 0 atom stereocenters. The number of carbonyl (C=O) groups is 2. The second-order valence-corrected chi connectivity index (χ2v) is 6.16. The molecule has 1 aromatic carbocycles. The second kappa shape index (κ2) is 9.36. The van der Waals surface area contributed by atoms with Crippen molar-refractivity contribution < 1.29 is 9.59 Å². The molecule has 1 aromatic rings. The Morgan fingerprint density at radius 2 is 2.17 bits per heavy atom. The van der Waals surface area contributed by atoms with Crippen LogP contribution in [-0.2, 0) is 9.59 Å². The fourth-order valence-electron chi connectivity index (χ4n) is 2.60. The van der Waals surface area contributed by atoms with Gasteiger partial charge in [-0.3, -0.25) is 9.59 Å². The molecule has 0 bridgehead atoms. The van der Waals surface area contributed by atoms with Crippen LogP contribution in [0.25, 0.3) is 6.08 Å². The van der Waals surface area contributed by atoms with E-state index < -0.39 is 0 Å². The zero-order valence-corrected chi connectivity index (χ0v) is 14.0. The number of amides is 2. The molecule has 1 fully saturated rings. The van der Waals surface area contributed by atoms with E-state index in [2.05, 4.69) is 5.32 Å². The van der Waals surface area contributed by atoms with Crippen molar-refractivity contribution in [2.75, 3.05) is 19.6 Å². The van der Waals surface area contributed by atoms with Crippen molar-refractivity contribution in [3.63, 3.8) is 0 Å². The van der Waals surface area contributed by atoms with Crippen molar-refractivity contribution in [3.05, 3.63) is 40.9 Å². The molecule has 1 aliphatic rings. The lowest BCUT2D eigenvalue weighted by atomic mass is 10.2. The van der Waals surface area contributed by atoms with Crippen molar-refractivity contribution in [1.82, 2.24) is 10.2 Å². The topological polar surface area (TPSA) is 49.4 Å². The normalized spacial score (nSPS) is 15.7. The summed E-state index contributed by atoms with van der Waals surface area (Å²) < 4.78 is 0. The van der Waals surface area contributed by atoms with Crippen LogP contribution in [0.15, 0.2) is 30.3 Å². The average Bonchev–Trinajstić information content (AvgIpc) is 2.74. The fourth-order valence-corrected chi connectivity index (χ4v) is 2.80. The maximum atomic E-state index is 11.8. The highest BCUT2D eigenvalue weighted by Crippen LogP contribution is 2.12. The Morgan fingerprint density at radius 3 is 3.00 bits per heavy atom. The molecule has 0 radical (unpaired) electrons. The van der Waals surface area contributed by atoms with E-state index in [0.717, 1.165) is 44.3 Å². The number of likely N-dealkylation sites (tertiary alicyclic amines) is 1. The minimum atomic E-state index is -0.132. The Bertz CT molecular complexity index is 572. The van der Waals surface area contributed by atoms with Crippen LogP contribution in [0.5, 0.6) is 0 Å². The summed E-state index contributed by atoms with van der Waals surface area (Å²) in [6.45, 7) is 2.14. The van der Waals surface area contributed by atoms with Gasteiger partial charge in [0.2, 0.25) is 11.8 Å². The summed E-state index contributed by atoms with van der Waals surface area (Å²) in [6, 6.07) is 7.33. The van der Waals surface area contributed by atoms with Gasteiger partial charge < -0.3 is 10.2 Å². The standard InChI is InChI=1S/C18H23ClN2O2/c19-16-7-4-6-15(14-16)9-10-17(22)20-11-5-13-21-12-3-1-2-8-18(21)23/h4,6-7,9-10,14H,1-3,5,8,11-13H2,(H,20,22)/b10-9+. The predicted molar refractivity (Wildman–Crippen MR) is 93.2 cm³/mol. The molecule has 0 spiro atoms. The monoisotopic (exact) mass is 334 g/mol. The third kappa shape index (κ3) is 6.45. The van der Waals surface area contributed by atoms with Crippen LogP contribution in [0, 0.1) is 0 Å². The van der Waals surface area contributed by atoms with Gasteiger partial charge in [0.25, 0.3) is 0 Å². The van der Waals surface area contributed by atoms with Gasteiger partial charge in [0, 0.05) is 37.2 Å². The lowest BCUT2D eigenvalue weighted by Gasteiger charge is -2.20. The summed E-state index contributed by atoms with van der Waals surface area (Å²) in [4.78, 5) is 25.5. The zero-order chi connectivity index (χ0) is 16.5. The maximum Gasteiger partial charge on any atom is 0.244 e. The molecular formula is C18H23ClN2O2. The lowest BCUT2D eigenvalue weighted by Crippen LogP contribution is -2.33. The van der Waals surface area contributed by atoms with Gasteiger partial charge in [0.15, 0.2) is 0 Å². The van der Waals surface area contributed by atoms with Crippen LogP contribution >= 0.6 is 11.6 Å². The number of hydrogen-bond acceptors (Lipinski definition) is 2. The van der Waals surface area contributed by atoms with E-state index in [4.69, 9.17) is 11.6 Å². The van der Waals surface area contributed by atoms with Gasteiger partial charge in [0.05, 0.1) is 0 Å². The molecule has 0 aromatic heterocycles. The van der Waals surface area contributed by atoms with Crippen molar-refractivity contribution in [2.24, 2.45) is 0 Å². The molecule has 2 rings (SSSR count). The fraction of sp³-hybridized carbons (Fsp3) is 0.444. The highest BCUT2D eigenvalue weighted by Gasteiger charge is 2.15. The van der Waals surface area contributed by atoms with E-state index in [0.29, 0.717) is 18.0 Å². The second-order valence-electron chi connectivity index (χ2n) is 5.72. The van der Waals surface area contributed by atoms with Gasteiger partial charge in [-0.25, -0.2) is 0 Å². The van der Waals surface area contributed by atoms with Gasteiger partial charge in [-0.1, -0.05) is 30.2 Å². The number of halogens is 1. The van der Waals surface area contributed by atoms with Crippen LogP contribution in [0.3, 0.4) is 0 Å². The van der Waals surface area contributed by atoms with Gasteiger partial charge in [-0.15, -0.1) is 0 Å². The molecule has 5 heteroatoms. The Morgan fingerprint density at radius 1 is 1.30 bits per heavy atom. The van der Waals surface area contributed by atoms with Crippen LogP contribution in [-0.4, -0.2) is 36.3 Å². The third-order valence-corrected chi connectivity index (χ3v) is 4.09. The van der Waals surface area contributed by atoms with Gasteiger partial charge in [-0.2, -0.15) is 0 Å². The quantitative estimate of drug-likeness (QED) is 0.641. The van der Waals surface area contributed by atoms with Crippen LogP contribution < -0.4 is 5.32 Å². The third-order valence-electron chi connectivity index (χ3n) is 3.85. The van der Waals surface area contributed by atoms with E-state index in [-0.39, 0.29) is 11.8 Å². The summed E-state index contributed by atoms with van der Waals surface area (Å²) in [7, 11) is 0. The van der Waals surface area contributed by atoms with Crippen molar-refractivity contribution in [3.8, 4) is 0 Å². The lowest BCUT2D eigenvalue weighted by molar-refractivity contribution is -0.130. The first-order valence-electron chi connectivity index (χ1n) is 8.14. The molecule has 0 unspecified atom stereocenters. The summed E-state index contributed by atoms with van der Waals surface area (Å²) in [5, 5.41) is 3.49. The molecule has 0 saturated carbocycles. The molecular weight excluding hydrogens is 312 g/mol. The molecule has 2 amide bonds. The van der Waals surface area contributed by atoms with Crippen molar-refractivity contribution in [1.29, 1.82) is 0 Å². The van der Waals surface area contributed by atoms with Crippen LogP contribution in [0.1, 0.15) is 37.7 Å². The minimum absolute atomic E-state index is 0.132. The first-order valence-corrected chi connectivity index (χ1v) is 8.52. The Balaban J connectivity index is 1.67. The molecule has 124 valence electrons. The van der Waals surface area contributed by atoms with Crippen molar-refractivity contribution >= 4 is 29.5 Å². The predicted octanol–water partition coefficient (Wildman–Crippen LogP) is 3.26. The highest BCUT2D eigenvalue weighted by molar-refractivity contribution is 6.30. The van der Waals surface area contributed by atoms with Crippen molar-refractivity contribution in [2.45, 2.75) is 32.1 Å². The minimum Gasteiger partial charge on any atom is -0.352 e. The van der Waals surface area contributed by atoms with E-state index >= 15 is 0 Å². The number of nitrogens with zero attached hydrogens (tertiary/aromatic N) is 1. The molecule has 1 saturated heterocycles. The number of benzene rings is 1. The summed E-state index contributed by atoms with van der Waals surface area (Å²) in [5.74, 6) is 0.113. The molecule has 23 heavy (non-hydrogen) atoms. The molecule has 1 aliphatic heterocycles. The summed E-state index contributed by atoms with van der Waals surface area (Å²) >= 11 is 5.89. The SMILES string of the molecule is O=C(/C=C/c1cccc(Cl)c1)NCCCN1CCCCCC1=O. The first-order chi connectivity index (χ1) is 11.1. The largest absolute Gasteiger partial charge is 0.352 e. The number of nitrogens with one attached hydrogen (secondary N) is 1. The number of carbonyl (C=O) groups excluding carboxylic acids is 2. The Labute approximate surface area is 142 Å². The molecule has 0 aliphatic carbocycles. The van der Waals surface area contributed by atoms with E-state index in [1.807, 2.05) is 17.0 Å². The van der Waals surface area contributed by atoms with E-state index in [1.165, 1.54) is 6.08 Å². The molecule has 4 nitrogen and oxygen atoms in total. The molecule has 1 N–H and O–H groups in total. The van der Waals surface area contributed by atoms with Crippen LogP contribution in [0.4, 0.5) is 0 Å². The maximum absolute atomic E-state index is 11.8. The van der Waals surface area contributed by atoms with Gasteiger partial charge in [0.1, 0.15) is 0 Å². The molecule has 1 heterocycles. The highest BCUT2D eigenvalue weighted by atomic mass is 35.5. The average molecular weight is 335 g/mol. The first kappa shape index (κ1) is 17.5. The number of rotatable bonds is 6. The Hall–Kier alpha value is -1.81. The zero-order valence-electron chi connectivity index (χ0n) is 13.3. The summed E-state index contributed by atoms with van der Waals surface area (Å²) in [6.07, 6.45) is 7.90. The Kier molecular flexibility index (Phi) is 7.14. The van der Waals surface area contributed by atoms with Crippen LogP contribution in [0.2, 0.25) is 5.02 Å². The number of hydrogen-bond donors (Lipinski definition) is 1. The smallest absolute Gasteiger partial charge is 0.244 e.